The number of benzene rings is 2. The van der Waals surface area contributed by atoms with E-state index in [1.165, 1.54) is 0 Å². The Bertz CT molecular complexity index is 1330. The van der Waals surface area contributed by atoms with Crippen LogP contribution in [0, 0.1) is 13.8 Å². The maximum Gasteiger partial charge on any atom is 0.231 e. The Balaban J connectivity index is 1.26. The molecule has 4 aromatic rings. The molecule has 0 saturated carbocycles. The van der Waals surface area contributed by atoms with Crippen molar-refractivity contribution in [3.05, 3.63) is 77.1 Å². The van der Waals surface area contributed by atoms with Gasteiger partial charge in [-0.05, 0) is 49.2 Å². The second kappa shape index (κ2) is 9.90. The molecular weight excluding hydrogens is 468 g/mol. The van der Waals surface area contributed by atoms with E-state index >= 15 is 0 Å². The van der Waals surface area contributed by atoms with Crippen LogP contribution in [-0.4, -0.2) is 26.5 Å². The van der Waals surface area contributed by atoms with E-state index in [9.17, 15) is 0 Å². The second-order valence-electron chi connectivity index (χ2n) is 7.86. The molecule has 1 aliphatic rings. The molecule has 0 radical (unpaired) electrons. The van der Waals surface area contributed by atoms with Crippen LogP contribution in [0.2, 0.25) is 0 Å². The van der Waals surface area contributed by atoms with Gasteiger partial charge in [0.15, 0.2) is 22.5 Å². The van der Waals surface area contributed by atoms with Gasteiger partial charge in [-0.2, -0.15) is 0 Å². The molecule has 3 heterocycles. The van der Waals surface area contributed by atoms with Gasteiger partial charge in [0.1, 0.15) is 17.4 Å². The largest absolute Gasteiger partial charge is 0.485 e. The summed E-state index contributed by atoms with van der Waals surface area (Å²) in [5.41, 5.74) is 4.26. The maximum absolute atomic E-state index is 6.05. The van der Waals surface area contributed by atoms with Crippen LogP contribution in [0.25, 0.3) is 10.6 Å². The molecular formula is C25H24N4O3S2. The predicted molar refractivity (Wildman–Crippen MR) is 134 cm³/mol. The minimum atomic E-state index is 0.265. The molecule has 0 spiro atoms. The van der Waals surface area contributed by atoms with Gasteiger partial charge < -0.3 is 14.2 Å². The van der Waals surface area contributed by atoms with Gasteiger partial charge in [0.05, 0.1) is 5.69 Å². The predicted octanol–water partition coefficient (Wildman–Crippen LogP) is 5.80. The summed E-state index contributed by atoms with van der Waals surface area (Å²) in [4.78, 5) is 4.80. The minimum Gasteiger partial charge on any atom is -0.485 e. The van der Waals surface area contributed by atoms with Crippen molar-refractivity contribution < 1.29 is 14.2 Å². The fraction of sp³-hybridized carbons (Fsp3) is 0.240. The first-order valence-corrected chi connectivity index (χ1v) is 12.7. The van der Waals surface area contributed by atoms with Crippen LogP contribution in [0.15, 0.2) is 59.6 Å². The van der Waals surface area contributed by atoms with Crippen LogP contribution in [0.3, 0.4) is 0 Å². The fourth-order valence-electron chi connectivity index (χ4n) is 3.52. The third kappa shape index (κ3) is 4.80. The first-order chi connectivity index (χ1) is 16.6. The highest BCUT2D eigenvalue weighted by atomic mass is 32.2. The number of rotatable bonds is 9. The van der Waals surface area contributed by atoms with E-state index in [0.29, 0.717) is 18.9 Å². The van der Waals surface area contributed by atoms with Gasteiger partial charge in [0.25, 0.3) is 0 Å². The van der Waals surface area contributed by atoms with Crippen molar-refractivity contribution in [1.29, 1.82) is 0 Å². The molecule has 0 fully saturated rings. The molecule has 0 atom stereocenters. The molecule has 0 unspecified atom stereocenters. The number of nitrogens with zero attached hydrogens (tertiary/aromatic N) is 4. The highest BCUT2D eigenvalue weighted by Gasteiger charge is 2.17. The molecule has 0 amide bonds. The smallest absolute Gasteiger partial charge is 0.231 e. The lowest BCUT2D eigenvalue weighted by molar-refractivity contribution is 0.174. The summed E-state index contributed by atoms with van der Waals surface area (Å²) in [6.07, 6.45) is 1.84. The standard InChI is InChI=1S/C25H24N4O3S2/c1-4-9-29-23(12-30-21-10-16(2)5-6-17(21)3)27-28-25(29)34-14-19-13-33-24(26-19)18-7-8-20-22(11-18)32-15-31-20/h4-8,10-11,13H,1,9,12,14-15H2,2-3H3. The van der Waals surface area contributed by atoms with Gasteiger partial charge >= 0.3 is 0 Å². The number of ether oxygens (including phenoxy) is 3. The van der Waals surface area contributed by atoms with Crippen molar-refractivity contribution in [1.82, 2.24) is 19.7 Å². The number of thiazole rings is 1. The van der Waals surface area contributed by atoms with Crippen LogP contribution >= 0.6 is 23.1 Å². The van der Waals surface area contributed by atoms with Crippen molar-refractivity contribution in [2.24, 2.45) is 0 Å². The zero-order valence-electron chi connectivity index (χ0n) is 19.0. The first kappa shape index (κ1) is 22.5. The van der Waals surface area contributed by atoms with E-state index in [1.807, 2.05) is 41.8 Å². The Morgan fingerprint density at radius 2 is 2.03 bits per heavy atom. The Kier molecular flexibility index (Phi) is 6.55. The Hall–Kier alpha value is -3.30. The number of thioether (sulfide) groups is 1. The Labute approximate surface area is 206 Å². The normalized spacial score (nSPS) is 12.2. The van der Waals surface area contributed by atoms with Crippen LogP contribution < -0.4 is 14.2 Å². The van der Waals surface area contributed by atoms with Gasteiger partial charge in [-0.3, -0.25) is 4.57 Å². The summed E-state index contributed by atoms with van der Waals surface area (Å²) in [6.45, 7) is 9.20. The Morgan fingerprint density at radius 3 is 2.91 bits per heavy atom. The molecule has 0 aliphatic carbocycles. The molecule has 2 aromatic heterocycles. The zero-order valence-corrected chi connectivity index (χ0v) is 20.6. The van der Waals surface area contributed by atoms with Crippen molar-refractivity contribution in [3.63, 3.8) is 0 Å². The maximum atomic E-state index is 6.05. The monoisotopic (exact) mass is 492 g/mol. The second-order valence-corrected chi connectivity index (χ2v) is 9.66. The fourth-order valence-corrected chi connectivity index (χ4v) is 5.31. The van der Waals surface area contributed by atoms with Gasteiger partial charge in [-0.1, -0.05) is 30.0 Å². The molecule has 7 nitrogen and oxygen atoms in total. The van der Waals surface area contributed by atoms with Gasteiger partial charge in [-0.25, -0.2) is 4.98 Å². The summed E-state index contributed by atoms with van der Waals surface area (Å²) in [5.74, 6) is 3.85. The number of hydrogen-bond acceptors (Lipinski definition) is 8. The first-order valence-electron chi connectivity index (χ1n) is 10.8. The third-order valence-corrected chi connectivity index (χ3v) is 7.27. The van der Waals surface area contributed by atoms with Crippen molar-refractivity contribution >= 4 is 23.1 Å². The van der Waals surface area contributed by atoms with Crippen molar-refractivity contribution in [3.8, 4) is 27.8 Å². The molecule has 5 rings (SSSR count). The van der Waals surface area contributed by atoms with E-state index in [4.69, 9.17) is 19.2 Å². The van der Waals surface area contributed by atoms with Crippen molar-refractivity contribution in [2.45, 2.75) is 37.9 Å². The topological polar surface area (TPSA) is 71.3 Å². The summed E-state index contributed by atoms with van der Waals surface area (Å²) >= 11 is 3.21. The lowest BCUT2D eigenvalue weighted by Gasteiger charge is -2.11. The summed E-state index contributed by atoms with van der Waals surface area (Å²) in [7, 11) is 0. The molecule has 0 bridgehead atoms. The van der Waals surface area contributed by atoms with Crippen LogP contribution in [-0.2, 0) is 18.9 Å². The molecule has 9 heteroatoms. The van der Waals surface area contributed by atoms with Gasteiger partial charge in [0, 0.05) is 23.2 Å². The summed E-state index contributed by atoms with van der Waals surface area (Å²) in [5, 5.41) is 12.6. The van der Waals surface area contributed by atoms with Crippen LogP contribution in [0.5, 0.6) is 17.2 Å². The highest BCUT2D eigenvalue weighted by Crippen LogP contribution is 2.37. The van der Waals surface area contributed by atoms with Crippen LogP contribution in [0.4, 0.5) is 0 Å². The lowest BCUT2D eigenvalue weighted by atomic mass is 10.1. The SMILES string of the molecule is C=CCn1c(COc2cc(C)ccc2C)nnc1SCc1csc(-c2ccc3c(c2)OCO3)n1. The summed E-state index contributed by atoms with van der Waals surface area (Å²) in [6, 6.07) is 12.1. The average molecular weight is 493 g/mol. The van der Waals surface area contributed by atoms with Crippen molar-refractivity contribution in [2.75, 3.05) is 6.79 Å². The molecule has 1 aliphatic heterocycles. The van der Waals surface area contributed by atoms with Gasteiger partial charge in [-0.15, -0.1) is 28.1 Å². The van der Waals surface area contributed by atoms with E-state index in [-0.39, 0.29) is 6.79 Å². The number of fused-ring (bicyclic) bond motifs is 1. The summed E-state index contributed by atoms with van der Waals surface area (Å²) < 4.78 is 19.0. The van der Waals surface area contributed by atoms with E-state index < -0.39 is 0 Å². The highest BCUT2D eigenvalue weighted by molar-refractivity contribution is 7.98. The molecule has 0 saturated heterocycles. The average Bonchev–Trinajstić information content (AvgIpc) is 3.58. The number of aryl methyl sites for hydroxylation is 2. The zero-order chi connectivity index (χ0) is 23.5. The molecule has 34 heavy (non-hydrogen) atoms. The van der Waals surface area contributed by atoms with E-state index in [1.54, 1.807) is 23.1 Å². The number of aromatic nitrogens is 4. The quantitative estimate of drug-likeness (QED) is 0.216. The minimum absolute atomic E-state index is 0.265. The third-order valence-electron chi connectivity index (χ3n) is 5.33. The van der Waals surface area contributed by atoms with E-state index in [0.717, 1.165) is 55.6 Å². The van der Waals surface area contributed by atoms with Gasteiger partial charge in [0.2, 0.25) is 6.79 Å². The number of allylic oxidation sites excluding steroid dienone is 1. The van der Waals surface area contributed by atoms with E-state index in [2.05, 4.69) is 41.2 Å². The Morgan fingerprint density at radius 1 is 1.15 bits per heavy atom. The molecule has 2 aromatic carbocycles. The molecule has 0 N–H and O–H groups in total. The molecule has 174 valence electrons. The number of hydrogen-bond donors (Lipinski definition) is 0. The van der Waals surface area contributed by atoms with Crippen LogP contribution in [0.1, 0.15) is 22.6 Å². The lowest BCUT2D eigenvalue weighted by Crippen LogP contribution is -2.08.